The van der Waals surface area contributed by atoms with Crippen LogP contribution < -0.4 is 10.1 Å². The number of halogens is 4. The average Bonchev–Trinajstić information content (AvgIpc) is 2.40. The highest BCUT2D eigenvalue weighted by Gasteiger charge is 2.13. The lowest BCUT2D eigenvalue weighted by Crippen LogP contribution is -2.06. The third-order valence-electron chi connectivity index (χ3n) is 2.60. The molecule has 0 aliphatic carbocycles. The van der Waals surface area contributed by atoms with E-state index in [1.807, 2.05) is 19.2 Å². The van der Waals surface area contributed by atoms with Gasteiger partial charge >= 0.3 is 0 Å². The van der Waals surface area contributed by atoms with Crippen molar-refractivity contribution in [2.24, 2.45) is 0 Å². The van der Waals surface area contributed by atoms with E-state index in [9.17, 15) is 0 Å². The monoisotopic (exact) mass is 393 g/mol. The minimum atomic E-state index is 0.455. The Kier molecular flexibility index (Phi) is 5.58. The second-order valence-corrected chi connectivity index (χ2v) is 6.13. The van der Waals surface area contributed by atoms with Crippen LogP contribution in [-0.4, -0.2) is 7.05 Å². The molecule has 0 unspecified atom stereocenters. The number of ether oxygens (including phenoxy) is 1. The van der Waals surface area contributed by atoms with Gasteiger partial charge in [-0.05, 0) is 35.1 Å². The van der Waals surface area contributed by atoms with Crippen LogP contribution >= 0.6 is 50.7 Å². The van der Waals surface area contributed by atoms with Gasteiger partial charge in [0.05, 0.1) is 15.1 Å². The van der Waals surface area contributed by atoms with E-state index in [0.717, 1.165) is 5.56 Å². The smallest absolute Gasteiger partial charge is 0.150 e. The lowest BCUT2D eigenvalue weighted by Gasteiger charge is -2.14. The lowest BCUT2D eigenvalue weighted by atomic mass is 10.2. The van der Waals surface area contributed by atoms with Crippen LogP contribution in [0.5, 0.6) is 11.5 Å². The molecule has 0 heterocycles. The Morgan fingerprint density at radius 2 is 1.85 bits per heavy atom. The molecule has 0 saturated carbocycles. The molecular formula is C14H11BrCl3NO. The van der Waals surface area contributed by atoms with Crippen molar-refractivity contribution in [2.75, 3.05) is 7.05 Å². The summed E-state index contributed by atoms with van der Waals surface area (Å²) < 4.78 is 6.56. The van der Waals surface area contributed by atoms with E-state index in [4.69, 9.17) is 39.5 Å². The van der Waals surface area contributed by atoms with Crippen molar-refractivity contribution in [3.8, 4) is 11.5 Å². The largest absolute Gasteiger partial charge is 0.454 e. The Hall–Kier alpha value is -0.450. The number of nitrogens with one attached hydrogen (secondary N) is 1. The van der Waals surface area contributed by atoms with Crippen molar-refractivity contribution in [1.82, 2.24) is 5.32 Å². The van der Waals surface area contributed by atoms with Gasteiger partial charge in [-0.1, -0.05) is 46.9 Å². The van der Waals surface area contributed by atoms with E-state index in [2.05, 4.69) is 21.2 Å². The van der Waals surface area contributed by atoms with Crippen molar-refractivity contribution in [3.05, 3.63) is 55.4 Å². The van der Waals surface area contributed by atoms with Gasteiger partial charge in [-0.2, -0.15) is 0 Å². The predicted molar refractivity (Wildman–Crippen MR) is 88.5 cm³/mol. The molecule has 2 nitrogen and oxygen atoms in total. The molecule has 0 atom stereocenters. The highest BCUT2D eigenvalue weighted by Crippen LogP contribution is 2.39. The first-order valence-electron chi connectivity index (χ1n) is 5.77. The Balaban J connectivity index is 2.42. The van der Waals surface area contributed by atoms with E-state index in [0.29, 0.717) is 37.6 Å². The SMILES string of the molecule is CNCc1cccc(Cl)c1Oc1cc(Cl)c(Br)cc1Cl. The molecule has 0 radical (unpaired) electrons. The number of para-hydroxylation sites is 1. The third kappa shape index (κ3) is 3.60. The zero-order valence-electron chi connectivity index (χ0n) is 10.5. The fraction of sp³-hybridized carbons (Fsp3) is 0.143. The van der Waals surface area contributed by atoms with Crippen LogP contribution in [0.25, 0.3) is 0 Å². The minimum absolute atomic E-state index is 0.455. The molecule has 6 heteroatoms. The molecule has 2 rings (SSSR count). The maximum absolute atomic E-state index is 6.20. The summed E-state index contributed by atoms with van der Waals surface area (Å²) in [5, 5.41) is 4.56. The standard InChI is InChI=1S/C14H11BrCl3NO/c1-19-7-8-3-2-4-10(16)14(8)20-13-6-11(17)9(15)5-12(13)18/h2-6,19H,7H2,1H3. The molecule has 2 aromatic rings. The molecule has 0 spiro atoms. The first-order chi connectivity index (χ1) is 9.52. The van der Waals surface area contributed by atoms with Crippen LogP contribution in [0.3, 0.4) is 0 Å². The highest BCUT2D eigenvalue weighted by atomic mass is 79.9. The van der Waals surface area contributed by atoms with Gasteiger partial charge in [-0.25, -0.2) is 0 Å². The number of hydrogen-bond donors (Lipinski definition) is 1. The Morgan fingerprint density at radius 3 is 2.55 bits per heavy atom. The number of hydrogen-bond acceptors (Lipinski definition) is 2. The molecule has 0 bridgehead atoms. The van der Waals surface area contributed by atoms with Gasteiger partial charge in [-0.3, -0.25) is 0 Å². The van der Waals surface area contributed by atoms with E-state index >= 15 is 0 Å². The van der Waals surface area contributed by atoms with E-state index in [1.54, 1.807) is 18.2 Å². The van der Waals surface area contributed by atoms with Crippen LogP contribution in [-0.2, 0) is 6.54 Å². The molecule has 0 saturated heterocycles. The normalized spacial score (nSPS) is 10.7. The summed E-state index contributed by atoms with van der Waals surface area (Å²) in [5.41, 5.74) is 0.940. The zero-order chi connectivity index (χ0) is 14.7. The summed E-state index contributed by atoms with van der Waals surface area (Å²) in [6.45, 7) is 0.637. The van der Waals surface area contributed by atoms with Crippen molar-refractivity contribution >= 4 is 50.7 Å². The van der Waals surface area contributed by atoms with Crippen LogP contribution in [0.15, 0.2) is 34.8 Å². The molecule has 106 valence electrons. The minimum Gasteiger partial charge on any atom is -0.454 e. The van der Waals surface area contributed by atoms with Crippen LogP contribution in [0.1, 0.15) is 5.56 Å². The van der Waals surface area contributed by atoms with Gasteiger partial charge in [0.1, 0.15) is 5.75 Å². The first kappa shape index (κ1) is 15.9. The Bertz CT molecular complexity index is 634. The summed E-state index contributed by atoms with van der Waals surface area (Å²) in [7, 11) is 1.86. The summed E-state index contributed by atoms with van der Waals surface area (Å²) in [6, 6.07) is 8.92. The van der Waals surface area contributed by atoms with Crippen molar-refractivity contribution in [2.45, 2.75) is 6.54 Å². The molecule has 0 aromatic heterocycles. The van der Waals surface area contributed by atoms with Crippen LogP contribution in [0.4, 0.5) is 0 Å². The third-order valence-corrected chi connectivity index (χ3v) is 4.39. The molecular weight excluding hydrogens is 384 g/mol. The molecule has 2 aromatic carbocycles. The lowest BCUT2D eigenvalue weighted by molar-refractivity contribution is 0.475. The van der Waals surface area contributed by atoms with Crippen molar-refractivity contribution < 1.29 is 4.74 Å². The molecule has 0 amide bonds. The quantitative estimate of drug-likeness (QED) is 0.649. The summed E-state index contributed by atoms with van der Waals surface area (Å²) in [6.07, 6.45) is 0. The van der Waals surface area contributed by atoms with Gasteiger partial charge in [0, 0.05) is 22.6 Å². The van der Waals surface area contributed by atoms with Crippen LogP contribution in [0.2, 0.25) is 15.1 Å². The maximum Gasteiger partial charge on any atom is 0.150 e. The maximum atomic E-state index is 6.20. The Labute approximate surface area is 141 Å². The fourth-order valence-corrected chi connectivity index (χ4v) is 2.75. The molecule has 20 heavy (non-hydrogen) atoms. The van der Waals surface area contributed by atoms with Gasteiger partial charge < -0.3 is 10.1 Å². The topological polar surface area (TPSA) is 21.3 Å². The molecule has 0 aliphatic rings. The van der Waals surface area contributed by atoms with Gasteiger partial charge in [0.25, 0.3) is 0 Å². The molecule has 1 N–H and O–H groups in total. The zero-order valence-corrected chi connectivity index (χ0v) is 14.4. The highest BCUT2D eigenvalue weighted by molar-refractivity contribution is 9.10. The second-order valence-electron chi connectivity index (χ2n) is 4.06. The average molecular weight is 396 g/mol. The van der Waals surface area contributed by atoms with Gasteiger partial charge in [-0.15, -0.1) is 0 Å². The summed E-state index contributed by atoms with van der Waals surface area (Å²) >= 11 is 21.7. The van der Waals surface area contributed by atoms with Gasteiger partial charge in [0.2, 0.25) is 0 Å². The first-order valence-corrected chi connectivity index (χ1v) is 7.70. The number of benzene rings is 2. The second kappa shape index (κ2) is 7.01. The van der Waals surface area contributed by atoms with E-state index < -0.39 is 0 Å². The van der Waals surface area contributed by atoms with E-state index in [-0.39, 0.29) is 0 Å². The molecule has 0 fully saturated rings. The summed E-state index contributed by atoms with van der Waals surface area (Å²) in [5.74, 6) is 1.04. The van der Waals surface area contributed by atoms with Gasteiger partial charge in [0.15, 0.2) is 5.75 Å². The fourth-order valence-electron chi connectivity index (χ4n) is 1.69. The molecule has 0 aliphatic heterocycles. The predicted octanol–water partition coefficient (Wildman–Crippen LogP) is 5.92. The van der Waals surface area contributed by atoms with Crippen LogP contribution in [0, 0.1) is 0 Å². The summed E-state index contributed by atoms with van der Waals surface area (Å²) in [4.78, 5) is 0. The number of rotatable bonds is 4. The van der Waals surface area contributed by atoms with E-state index in [1.165, 1.54) is 0 Å². The van der Waals surface area contributed by atoms with Crippen molar-refractivity contribution in [1.29, 1.82) is 0 Å². The Morgan fingerprint density at radius 1 is 1.10 bits per heavy atom. The van der Waals surface area contributed by atoms with Crippen molar-refractivity contribution in [3.63, 3.8) is 0 Å².